The lowest BCUT2D eigenvalue weighted by Gasteiger charge is -2.24. The Bertz CT molecular complexity index is 522. The van der Waals surface area contributed by atoms with Crippen LogP contribution in [0.5, 0.6) is 0 Å². The lowest BCUT2D eigenvalue weighted by molar-refractivity contribution is 0.152. The van der Waals surface area contributed by atoms with E-state index in [0.29, 0.717) is 31.1 Å². The molecule has 0 radical (unpaired) electrons. The summed E-state index contributed by atoms with van der Waals surface area (Å²) in [7, 11) is -3.78. The largest absolute Gasteiger partial charge is 0.399 e. The summed E-state index contributed by atoms with van der Waals surface area (Å²) in [5.41, 5.74) is 6.60. The van der Waals surface area contributed by atoms with Crippen molar-refractivity contribution < 1.29 is 13.2 Å². The number of benzene rings is 1. The molecule has 0 amide bonds. The van der Waals surface area contributed by atoms with Gasteiger partial charge in [-0.2, -0.15) is 0 Å². The molecule has 1 aliphatic heterocycles. The molecule has 1 fully saturated rings. The van der Waals surface area contributed by atoms with Crippen LogP contribution in [-0.2, 0) is 14.8 Å². The maximum Gasteiger partial charge on any atom is 0.240 e. The van der Waals surface area contributed by atoms with Crippen molar-refractivity contribution in [2.75, 3.05) is 36.9 Å². The van der Waals surface area contributed by atoms with Crippen molar-refractivity contribution in [3.8, 4) is 0 Å². The van der Waals surface area contributed by atoms with Gasteiger partial charge in [-0.15, -0.1) is 0 Å². The summed E-state index contributed by atoms with van der Waals surface area (Å²) in [6.45, 7) is 2.66. The van der Waals surface area contributed by atoms with E-state index < -0.39 is 10.0 Å². The van der Waals surface area contributed by atoms with Gasteiger partial charge in [0, 0.05) is 25.4 Å². The van der Waals surface area contributed by atoms with Crippen LogP contribution in [0.2, 0.25) is 0 Å². The van der Waals surface area contributed by atoms with Crippen LogP contribution in [-0.4, -0.2) is 34.7 Å². The summed E-state index contributed by atoms with van der Waals surface area (Å²) in [4.78, 5) is 2.04. The highest BCUT2D eigenvalue weighted by Gasteiger charge is 2.20. The topological polar surface area (TPSA) is 98.6 Å². The van der Waals surface area contributed by atoms with Gasteiger partial charge in [0.1, 0.15) is 4.90 Å². The Morgan fingerprint density at radius 2 is 2.00 bits per heavy atom. The van der Waals surface area contributed by atoms with Crippen LogP contribution in [0.1, 0.15) is 6.42 Å². The first-order valence-corrected chi connectivity index (χ1v) is 7.28. The molecule has 4 N–H and O–H groups in total. The Labute approximate surface area is 107 Å². The van der Waals surface area contributed by atoms with E-state index in [0.717, 1.165) is 13.0 Å². The Morgan fingerprint density at radius 1 is 1.22 bits per heavy atom. The first-order chi connectivity index (χ1) is 8.48. The fourth-order valence-electron chi connectivity index (χ4n) is 2.01. The number of anilines is 2. The summed E-state index contributed by atoms with van der Waals surface area (Å²) < 4.78 is 28.5. The Kier molecular flexibility index (Phi) is 3.74. The summed E-state index contributed by atoms with van der Waals surface area (Å²) in [6, 6.07) is 4.77. The van der Waals surface area contributed by atoms with E-state index >= 15 is 0 Å². The molecule has 1 aliphatic rings. The molecule has 100 valence electrons. The molecule has 0 spiro atoms. The second-order valence-corrected chi connectivity index (χ2v) is 5.75. The number of sulfonamides is 1. The maximum absolute atomic E-state index is 11.6. The second kappa shape index (κ2) is 5.13. The van der Waals surface area contributed by atoms with Crippen LogP contribution in [0, 0.1) is 0 Å². The monoisotopic (exact) mass is 271 g/mol. The maximum atomic E-state index is 11.6. The predicted octanol–water partition coefficient (Wildman–Crippen LogP) is 0.143. The van der Waals surface area contributed by atoms with E-state index in [4.69, 9.17) is 15.6 Å². The Balaban J connectivity index is 2.43. The lowest BCUT2D eigenvalue weighted by Crippen LogP contribution is -2.28. The molecule has 0 atom stereocenters. The van der Waals surface area contributed by atoms with Crippen molar-refractivity contribution in [1.29, 1.82) is 0 Å². The molecular formula is C11H17N3O3S. The smallest absolute Gasteiger partial charge is 0.240 e. The van der Waals surface area contributed by atoms with Crippen molar-refractivity contribution in [1.82, 2.24) is 0 Å². The first-order valence-electron chi connectivity index (χ1n) is 5.73. The minimum Gasteiger partial charge on any atom is -0.399 e. The van der Waals surface area contributed by atoms with E-state index in [1.165, 1.54) is 6.07 Å². The lowest BCUT2D eigenvalue weighted by atomic mass is 10.2. The minimum atomic E-state index is -3.78. The van der Waals surface area contributed by atoms with E-state index in [1.54, 1.807) is 12.1 Å². The number of nitrogens with zero attached hydrogens (tertiary/aromatic N) is 1. The zero-order valence-electron chi connectivity index (χ0n) is 10.0. The SMILES string of the molecule is Nc1ccc(N2CCCOCC2)c(S(N)(=O)=O)c1. The molecule has 18 heavy (non-hydrogen) atoms. The third-order valence-electron chi connectivity index (χ3n) is 2.85. The average molecular weight is 271 g/mol. The Morgan fingerprint density at radius 3 is 2.72 bits per heavy atom. The van der Waals surface area contributed by atoms with Gasteiger partial charge in [0.25, 0.3) is 0 Å². The van der Waals surface area contributed by atoms with Crippen LogP contribution in [0.3, 0.4) is 0 Å². The van der Waals surface area contributed by atoms with Crippen molar-refractivity contribution in [2.45, 2.75) is 11.3 Å². The van der Waals surface area contributed by atoms with Crippen LogP contribution >= 0.6 is 0 Å². The van der Waals surface area contributed by atoms with E-state index in [9.17, 15) is 8.42 Å². The number of hydrogen-bond acceptors (Lipinski definition) is 5. The van der Waals surface area contributed by atoms with Crippen LogP contribution in [0.25, 0.3) is 0 Å². The van der Waals surface area contributed by atoms with E-state index in [1.807, 2.05) is 4.90 Å². The molecule has 6 nitrogen and oxygen atoms in total. The predicted molar refractivity (Wildman–Crippen MR) is 69.9 cm³/mol. The third kappa shape index (κ3) is 2.92. The van der Waals surface area contributed by atoms with Crippen molar-refractivity contribution in [3.05, 3.63) is 18.2 Å². The van der Waals surface area contributed by atoms with Gasteiger partial charge in [-0.25, -0.2) is 13.6 Å². The summed E-state index contributed by atoms with van der Waals surface area (Å²) >= 11 is 0. The summed E-state index contributed by atoms with van der Waals surface area (Å²) in [6.07, 6.45) is 0.856. The molecule has 1 aromatic carbocycles. The zero-order chi connectivity index (χ0) is 13.2. The number of hydrogen-bond donors (Lipinski definition) is 2. The van der Waals surface area contributed by atoms with Gasteiger partial charge in [-0.1, -0.05) is 0 Å². The molecule has 1 heterocycles. The normalized spacial score (nSPS) is 17.5. The number of nitrogens with two attached hydrogens (primary N) is 2. The van der Waals surface area contributed by atoms with Crippen LogP contribution in [0.4, 0.5) is 11.4 Å². The fraction of sp³-hybridized carbons (Fsp3) is 0.455. The molecule has 0 unspecified atom stereocenters. The molecule has 0 saturated carbocycles. The molecular weight excluding hydrogens is 254 g/mol. The highest BCUT2D eigenvalue weighted by molar-refractivity contribution is 7.89. The van der Waals surface area contributed by atoms with Crippen LogP contribution < -0.4 is 15.8 Å². The molecule has 1 aromatic rings. The number of primary sulfonamides is 1. The van der Waals surface area contributed by atoms with E-state index in [2.05, 4.69) is 0 Å². The highest BCUT2D eigenvalue weighted by atomic mass is 32.2. The van der Waals surface area contributed by atoms with Crippen molar-refractivity contribution in [3.63, 3.8) is 0 Å². The van der Waals surface area contributed by atoms with Gasteiger partial charge in [0.15, 0.2) is 0 Å². The van der Waals surface area contributed by atoms with Gasteiger partial charge >= 0.3 is 0 Å². The highest BCUT2D eigenvalue weighted by Crippen LogP contribution is 2.27. The number of nitrogen functional groups attached to an aromatic ring is 1. The van der Waals surface area contributed by atoms with Gasteiger partial charge in [-0.05, 0) is 24.6 Å². The summed E-state index contributed by atoms with van der Waals surface area (Å²) in [5.74, 6) is 0. The molecule has 1 saturated heterocycles. The fourth-order valence-corrected chi connectivity index (χ4v) is 2.80. The van der Waals surface area contributed by atoms with Gasteiger partial charge in [0.05, 0.1) is 12.3 Å². The number of ether oxygens (including phenoxy) is 1. The second-order valence-electron chi connectivity index (χ2n) is 4.23. The molecule has 0 aromatic heterocycles. The summed E-state index contributed by atoms with van der Waals surface area (Å²) in [5, 5.41) is 5.23. The van der Waals surface area contributed by atoms with E-state index in [-0.39, 0.29) is 4.90 Å². The standard InChI is InChI=1S/C11H17N3O3S/c12-9-2-3-10(11(8-9)18(13,15)16)14-4-1-6-17-7-5-14/h2-3,8H,1,4-7,12H2,(H2,13,15,16). The first kappa shape index (κ1) is 13.1. The van der Waals surface area contributed by atoms with Gasteiger partial charge in [0.2, 0.25) is 10.0 Å². The molecule has 2 rings (SSSR count). The Hall–Kier alpha value is -1.31. The van der Waals surface area contributed by atoms with Crippen molar-refractivity contribution in [2.24, 2.45) is 5.14 Å². The van der Waals surface area contributed by atoms with Gasteiger partial charge < -0.3 is 15.4 Å². The minimum absolute atomic E-state index is 0.0735. The van der Waals surface area contributed by atoms with Gasteiger partial charge in [-0.3, -0.25) is 0 Å². The number of rotatable bonds is 2. The zero-order valence-corrected chi connectivity index (χ0v) is 10.8. The molecule has 7 heteroatoms. The average Bonchev–Trinajstić information content (AvgIpc) is 2.56. The van der Waals surface area contributed by atoms with Crippen molar-refractivity contribution >= 4 is 21.4 Å². The third-order valence-corrected chi connectivity index (χ3v) is 3.79. The molecule has 0 aliphatic carbocycles. The van der Waals surface area contributed by atoms with Crippen LogP contribution in [0.15, 0.2) is 23.1 Å². The molecule has 0 bridgehead atoms. The quantitative estimate of drug-likeness (QED) is 0.746.